The van der Waals surface area contributed by atoms with Crippen LogP contribution >= 0.6 is 0 Å². The summed E-state index contributed by atoms with van der Waals surface area (Å²) in [4.78, 5) is 20.3. The fourth-order valence-electron chi connectivity index (χ4n) is 2.82. The Hall–Kier alpha value is -2.88. The number of carbonyl (C=O) groups excluding carboxylic acids is 1. The van der Waals surface area contributed by atoms with Gasteiger partial charge in [-0.1, -0.05) is 6.92 Å². The first-order valence-corrected chi connectivity index (χ1v) is 8.31. The van der Waals surface area contributed by atoms with Crippen molar-refractivity contribution in [3.63, 3.8) is 0 Å². The molecule has 3 N–H and O–H groups in total. The lowest BCUT2D eigenvalue weighted by molar-refractivity contribution is -0.137. The van der Waals surface area contributed by atoms with E-state index in [0.717, 1.165) is 10.5 Å². The van der Waals surface area contributed by atoms with Crippen molar-refractivity contribution in [3.8, 4) is 0 Å². The minimum absolute atomic E-state index is 0.0372. The topological polar surface area (TPSA) is 90.4 Å². The lowest BCUT2D eigenvalue weighted by atomic mass is 10.1. The van der Waals surface area contributed by atoms with Gasteiger partial charge < -0.3 is 20.6 Å². The number of rotatable bonds is 6. The molecule has 3 rings (SSSR count). The summed E-state index contributed by atoms with van der Waals surface area (Å²) in [6, 6.07) is 5.08. The maximum absolute atomic E-state index is 13.3. The molecule has 7 nitrogen and oxygen atoms in total. The number of anilines is 4. The van der Waals surface area contributed by atoms with Gasteiger partial charge in [-0.15, -0.1) is 0 Å². The van der Waals surface area contributed by atoms with Crippen LogP contribution in [0.3, 0.4) is 0 Å². The average Bonchev–Trinajstić information content (AvgIpc) is 2.98. The molecule has 0 saturated carbocycles. The number of fused-ring (bicyclic) bond motifs is 1. The predicted molar refractivity (Wildman–Crippen MR) is 93.8 cm³/mol. The number of nitrogens with zero attached hydrogens (tertiary/aromatic N) is 3. The largest absolute Gasteiger partial charge is 0.421 e. The van der Waals surface area contributed by atoms with Crippen LogP contribution in [-0.2, 0) is 17.4 Å². The highest BCUT2D eigenvalue weighted by Gasteiger charge is 2.36. The second-order valence-electron chi connectivity index (χ2n) is 6.06. The Kier molecular flexibility index (Phi) is 5.17. The Balaban J connectivity index is 1.92. The van der Waals surface area contributed by atoms with E-state index in [-0.39, 0.29) is 30.6 Å². The Morgan fingerprint density at radius 2 is 2.15 bits per heavy atom. The number of halogens is 3. The molecule has 0 bridgehead atoms. The highest BCUT2D eigenvalue weighted by Crippen LogP contribution is 2.36. The fraction of sp³-hybridized carbons (Fsp3) is 0.353. The Bertz CT molecular complexity index is 857. The van der Waals surface area contributed by atoms with Crippen molar-refractivity contribution in [2.75, 3.05) is 28.8 Å². The molecule has 0 radical (unpaired) electrons. The number of benzene rings is 1. The molecule has 1 aliphatic heterocycles. The summed E-state index contributed by atoms with van der Waals surface area (Å²) in [6.07, 6.45) is -3.18. The van der Waals surface area contributed by atoms with Crippen molar-refractivity contribution in [2.24, 2.45) is 0 Å². The summed E-state index contributed by atoms with van der Waals surface area (Å²) >= 11 is 0. The zero-order valence-corrected chi connectivity index (χ0v) is 14.5. The minimum atomic E-state index is -4.64. The molecule has 0 fully saturated rings. The summed E-state index contributed by atoms with van der Waals surface area (Å²) in [6.45, 7) is 1.40. The third-order valence-electron chi connectivity index (χ3n) is 4.02. The number of hydrogen-bond acceptors (Lipinski definition) is 6. The van der Waals surface area contributed by atoms with Crippen LogP contribution in [0.4, 0.5) is 36.3 Å². The van der Waals surface area contributed by atoms with E-state index in [2.05, 4.69) is 20.6 Å². The van der Waals surface area contributed by atoms with Crippen molar-refractivity contribution >= 4 is 29.0 Å². The Morgan fingerprint density at radius 3 is 2.81 bits per heavy atom. The van der Waals surface area contributed by atoms with Gasteiger partial charge in [0.2, 0.25) is 11.9 Å². The quantitative estimate of drug-likeness (QED) is 0.667. The standard InChI is InChI=1S/C17H18F3N5O2/c1-2-5-25(9-26)15-12(17(18,19)20)8-21-16(24-15)22-11-3-4-13-10(6-11)7-14(27)23-13/h3-4,6,8,26H,2,5,7,9H2,1H3,(H,23,27)(H,21,22,24). The molecular weight excluding hydrogens is 363 g/mol. The molecule has 0 saturated heterocycles. The van der Waals surface area contributed by atoms with Crippen molar-refractivity contribution < 1.29 is 23.1 Å². The van der Waals surface area contributed by atoms with E-state index in [9.17, 15) is 23.1 Å². The Labute approximate surface area is 153 Å². The molecule has 0 aliphatic carbocycles. The number of aliphatic hydroxyl groups is 1. The van der Waals surface area contributed by atoms with E-state index >= 15 is 0 Å². The van der Waals surface area contributed by atoms with Crippen molar-refractivity contribution in [2.45, 2.75) is 25.9 Å². The van der Waals surface area contributed by atoms with Crippen LogP contribution < -0.4 is 15.5 Å². The van der Waals surface area contributed by atoms with Crippen LogP contribution in [0.25, 0.3) is 0 Å². The first kappa shape index (κ1) is 18.9. The monoisotopic (exact) mass is 381 g/mol. The molecule has 0 atom stereocenters. The number of aliphatic hydroxyl groups excluding tert-OH is 1. The smallest absolute Gasteiger partial charge is 0.376 e. The lowest BCUT2D eigenvalue weighted by Gasteiger charge is -2.24. The van der Waals surface area contributed by atoms with Gasteiger partial charge in [0.1, 0.15) is 18.1 Å². The molecule has 0 unspecified atom stereocenters. The third-order valence-corrected chi connectivity index (χ3v) is 4.02. The van der Waals surface area contributed by atoms with Gasteiger partial charge in [-0.05, 0) is 30.2 Å². The number of amides is 1. The predicted octanol–water partition coefficient (Wildman–Crippen LogP) is 2.90. The van der Waals surface area contributed by atoms with Gasteiger partial charge in [0.25, 0.3) is 0 Å². The SMILES string of the molecule is CCCN(CO)c1nc(Nc2ccc3c(c2)CC(=O)N3)ncc1C(F)(F)F. The van der Waals surface area contributed by atoms with Gasteiger partial charge in [0.15, 0.2) is 0 Å². The molecule has 10 heteroatoms. The van der Waals surface area contributed by atoms with Gasteiger partial charge >= 0.3 is 6.18 Å². The third kappa shape index (κ3) is 4.11. The van der Waals surface area contributed by atoms with Gasteiger partial charge in [0.05, 0.1) is 6.42 Å². The van der Waals surface area contributed by atoms with Crippen LogP contribution in [0, 0.1) is 0 Å². The van der Waals surface area contributed by atoms with Crippen molar-refractivity contribution in [3.05, 3.63) is 35.5 Å². The van der Waals surface area contributed by atoms with Gasteiger partial charge in [-0.25, -0.2) is 4.98 Å². The normalized spacial score (nSPS) is 13.3. The molecule has 144 valence electrons. The first-order valence-electron chi connectivity index (χ1n) is 8.31. The van der Waals surface area contributed by atoms with Crippen molar-refractivity contribution in [1.29, 1.82) is 0 Å². The summed E-state index contributed by atoms with van der Waals surface area (Å²) in [7, 11) is 0. The second-order valence-corrected chi connectivity index (χ2v) is 6.06. The maximum atomic E-state index is 13.3. The highest BCUT2D eigenvalue weighted by molar-refractivity contribution is 5.99. The maximum Gasteiger partial charge on any atom is 0.421 e. The van der Waals surface area contributed by atoms with E-state index < -0.39 is 18.5 Å². The van der Waals surface area contributed by atoms with Crippen LogP contribution in [0.15, 0.2) is 24.4 Å². The van der Waals surface area contributed by atoms with Crippen molar-refractivity contribution in [1.82, 2.24) is 9.97 Å². The zero-order chi connectivity index (χ0) is 19.6. The number of aromatic nitrogens is 2. The second kappa shape index (κ2) is 7.39. The molecule has 1 aliphatic rings. The molecule has 1 aromatic carbocycles. The molecule has 2 aromatic rings. The molecular formula is C17H18F3N5O2. The van der Waals surface area contributed by atoms with E-state index in [1.165, 1.54) is 0 Å². The van der Waals surface area contributed by atoms with Gasteiger partial charge in [-0.2, -0.15) is 18.2 Å². The van der Waals surface area contributed by atoms with Crippen LogP contribution in [0.1, 0.15) is 24.5 Å². The lowest BCUT2D eigenvalue weighted by Crippen LogP contribution is -2.29. The highest BCUT2D eigenvalue weighted by atomic mass is 19.4. The van der Waals surface area contributed by atoms with E-state index in [4.69, 9.17) is 0 Å². The first-order chi connectivity index (χ1) is 12.8. The van der Waals surface area contributed by atoms with Crippen LogP contribution in [0.5, 0.6) is 0 Å². The van der Waals surface area contributed by atoms with E-state index in [0.29, 0.717) is 24.0 Å². The summed E-state index contributed by atoms with van der Waals surface area (Å²) < 4.78 is 39.8. The van der Waals surface area contributed by atoms with Crippen LogP contribution in [-0.4, -0.2) is 34.3 Å². The van der Waals surface area contributed by atoms with E-state index in [1.807, 2.05) is 0 Å². The number of nitrogens with one attached hydrogen (secondary N) is 2. The Morgan fingerprint density at radius 1 is 1.37 bits per heavy atom. The molecule has 0 spiro atoms. The average molecular weight is 381 g/mol. The molecule has 27 heavy (non-hydrogen) atoms. The van der Waals surface area contributed by atoms with E-state index in [1.54, 1.807) is 25.1 Å². The van der Waals surface area contributed by atoms with Gasteiger partial charge in [-0.3, -0.25) is 4.79 Å². The molecule has 1 aromatic heterocycles. The summed E-state index contributed by atoms with van der Waals surface area (Å²) in [5, 5.41) is 15.0. The number of alkyl halides is 3. The number of hydrogen-bond donors (Lipinski definition) is 3. The minimum Gasteiger partial charge on any atom is -0.376 e. The summed E-state index contributed by atoms with van der Waals surface area (Å²) in [5.74, 6) is -0.541. The zero-order valence-electron chi connectivity index (χ0n) is 14.5. The fourth-order valence-corrected chi connectivity index (χ4v) is 2.82. The summed E-state index contributed by atoms with van der Waals surface area (Å²) in [5.41, 5.74) is 1.01. The molecule has 2 heterocycles. The molecule has 1 amide bonds. The number of carbonyl (C=O) groups is 1. The van der Waals surface area contributed by atoms with Crippen LogP contribution in [0.2, 0.25) is 0 Å². The van der Waals surface area contributed by atoms with Gasteiger partial charge in [0, 0.05) is 24.1 Å².